The summed E-state index contributed by atoms with van der Waals surface area (Å²) in [6.07, 6.45) is 1.53. The molecule has 2 rings (SSSR count). The van der Waals surface area contributed by atoms with Crippen molar-refractivity contribution in [1.29, 1.82) is 0 Å². The third-order valence-electron chi connectivity index (χ3n) is 2.07. The van der Waals surface area contributed by atoms with Crippen LogP contribution in [0.15, 0.2) is 47.1 Å². The molecule has 0 aliphatic heterocycles. The molecule has 0 aliphatic rings. The molecule has 0 amide bonds. The summed E-state index contributed by atoms with van der Waals surface area (Å²) in [5, 5.41) is 0. The fourth-order valence-electron chi connectivity index (χ4n) is 1.31. The Balaban J connectivity index is 2.46. The van der Waals surface area contributed by atoms with Gasteiger partial charge in [-0.3, -0.25) is 9.78 Å². The van der Waals surface area contributed by atoms with Gasteiger partial charge in [0.05, 0.1) is 0 Å². The molecular weight excluding hydrogens is 273 g/mol. The quantitative estimate of drug-likeness (QED) is 0.790. The van der Waals surface area contributed by atoms with Crippen molar-refractivity contribution in [2.45, 2.75) is 0 Å². The topological polar surface area (TPSA) is 30.0 Å². The summed E-state index contributed by atoms with van der Waals surface area (Å²) < 4.78 is 13.6. The van der Waals surface area contributed by atoms with Crippen molar-refractivity contribution in [3.05, 3.63) is 64.1 Å². The van der Waals surface area contributed by atoms with Gasteiger partial charge in [0.1, 0.15) is 11.5 Å². The lowest BCUT2D eigenvalue weighted by molar-refractivity contribution is 0.103. The Kier molecular flexibility index (Phi) is 3.10. The highest BCUT2D eigenvalue weighted by Crippen LogP contribution is 2.20. The van der Waals surface area contributed by atoms with Crippen molar-refractivity contribution in [2.24, 2.45) is 0 Å². The first kappa shape index (κ1) is 11.0. The fraction of sp³-hybridized carbons (Fsp3) is 0. The maximum atomic E-state index is 13.0. The van der Waals surface area contributed by atoms with Gasteiger partial charge < -0.3 is 0 Å². The summed E-state index contributed by atoms with van der Waals surface area (Å²) in [6, 6.07) is 9.02. The highest BCUT2D eigenvalue weighted by atomic mass is 79.9. The van der Waals surface area contributed by atoms with Gasteiger partial charge in [-0.1, -0.05) is 22.0 Å². The SMILES string of the molecule is O=C(c1ccccn1)c1cc(F)ccc1Br. The molecule has 0 saturated carbocycles. The van der Waals surface area contributed by atoms with E-state index in [9.17, 15) is 9.18 Å². The van der Waals surface area contributed by atoms with Crippen LogP contribution < -0.4 is 0 Å². The summed E-state index contributed by atoms with van der Waals surface area (Å²) in [5.74, 6) is -0.741. The Morgan fingerprint density at radius 1 is 1.25 bits per heavy atom. The molecule has 1 aromatic carbocycles. The second kappa shape index (κ2) is 4.53. The third kappa shape index (κ3) is 2.17. The lowest BCUT2D eigenvalue weighted by Gasteiger charge is -2.02. The number of carbonyl (C=O) groups is 1. The maximum Gasteiger partial charge on any atom is 0.212 e. The number of halogens is 2. The molecule has 0 spiro atoms. The monoisotopic (exact) mass is 279 g/mol. The number of nitrogens with zero attached hydrogens (tertiary/aromatic N) is 1. The van der Waals surface area contributed by atoms with Crippen LogP contribution in [0.3, 0.4) is 0 Å². The number of hydrogen-bond acceptors (Lipinski definition) is 2. The Hall–Kier alpha value is -1.55. The first-order valence-corrected chi connectivity index (χ1v) is 5.38. The van der Waals surface area contributed by atoms with Crippen molar-refractivity contribution in [1.82, 2.24) is 4.98 Å². The standard InChI is InChI=1S/C12H7BrFNO/c13-10-5-4-8(14)7-9(10)12(16)11-3-1-2-6-15-11/h1-7H. The zero-order chi connectivity index (χ0) is 11.5. The largest absolute Gasteiger partial charge is 0.287 e. The summed E-state index contributed by atoms with van der Waals surface area (Å²) >= 11 is 3.21. The van der Waals surface area contributed by atoms with Crippen LogP contribution in [-0.4, -0.2) is 10.8 Å². The fourth-order valence-corrected chi connectivity index (χ4v) is 1.73. The van der Waals surface area contributed by atoms with Gasteiger partial charge in [-0.05, 0) is 30.3 Å². The van der Waals surface area contributed by atoms with Gasteiger partial charge >= 0.3 is 0 Å². The highest BCUT2D eigenvalue weighted by Gasteiger charge is 2.14. The number of pyridine rings is 1. The van der Waals surface area contributed by atoms with Crippen LogP contribution in [0.2, 0.25) is 0 Å². The molecule has 0 N–H and O–H groups in total. The molecule has 2 nitrogen and oxygen atoms in total. The van der Waals surface area contributed by atoms with E-state index in [1.54, 1.807) is 18.2 Å². The lowest BCUT2D eigenvalue weighted by Crippen LogP contribution is -2.04. The van der Waals surface area contributed by atoms with E-state index in [1.807, 2.05) is 0 Å². The van der Waals surface area contributed by atoms with Gasteiger partial charge in [0.25, 0.3) is 0 Å². The molecule has 0 unspecified atom stereocenters. The Labute approximate surface area is 100 Å². The predicted octanol–water partition coefficient (Wildman–Crippen LogP) is 3.21. The molecule has 80 valence electrons. The van der Waals surface area contributed by atoms with E-state index in [2.05, 4.69) is 20.9 Å². The van der Waals surface area contributed by atoms with Gasteiger partial charge in [0.15, 0.2) is 0 Å². The van der Waals surface area contributed by atoms with Gasteiger partial charge in [-0.2, -0.15) is 0 Å². The maximum absolute atomic E-state index is 13.0. The van der Waals surface area contributed by atoms with Gasteiger partial charge in [-0.15, -0.1) is 0 Å². The number of rotatable bonds is 2. The number of aromatic nitrogens is 1. The van der Waals surface area contributed by atoms with Crippen molar-refractivity contribution in [2.75, 3.05) is 0 Å². The lowest BCUT2D eigenvalue weighted by atomic mass is 10.1. The molecule has 0 aliphatic carbocycles. The van der Waals surface area contributed by atoms with Gasteiger partial charge in [-0.25, -0.2) is 4.39 Å². The minimum atomic E-state index is -0.442. The number of ketones is 1. The van der Waals surface area contributed by atoms with Crippen molar-refractivity contribution >= 4 is 21.7 Å². The van der Waals surface area contributed by atoms with Gasteiger partial charge in [0.2, 0.25) is 5.78 Å². The summed E-state index contributed by atoms with van der Waals surface area (Å²) in [5.41, 5.74) is 0.576. The summed E-state index contributed by atoms with van der Waals surface area (Å²) in [4.78, 5) is 15.9. The highest BCUT2D eigenvalue weighted by molar-refractivity contribution is 9.10. The number of hydrogen-bond donors (Lipinski definition) is 0. The van der Waals surface area contributed by atoms with Crippen LogP contribution in [0.25, 0.3) is 0 Å². The van der Waals surface area contributed by atoms with Crippen LogP contribution in [-0.2, 0) is 0 Å². The second-order valence-corrected chi connectivity index (χ2v) is 4.02. The molecule has 1 aromatic heterocycles. The Bertz CT molecular complexity index is 528. The summed E-state index contributed by atoms with van der Waals surface area (Å²) in [7, 11) is 0. The minimum absolute atomic E-state index is 0.277. The Morgan fingerprint density at radius 2 is 2.06 bits per heavy atom. The number of carbonyl (C=O) groups excluding carboxylic acids is 1. The minimum Gasteiger partial charge on any atom is -0.287 e. The average molecular weight is 280 g/mol. The van der Waals surface area contributed by atoms with E-state index in [0.717, 1.165) is 0 Å². The molecule has 0 radical (unpaired) electrons. The Morgan fingerprint density at radius 3 is 2.75 bits per heavy atom. The molecule has 2 aromatic rings. The molecule has 16 heavy (non-hydrogen) atoms. The van der Waals surface area contributed by atoms with E-state index in [0.29, 0.717) is 10.2 Å². The van der Waals surface area contributed by atoms with Crippen LogP contribution in [0, 0.1) is 5.82 Å². The third-order valence-corrected chi connectivity index (χ3v) is 2.76. The molecule has 1 heterocycles. The van der Waals surface area contributed by atoms with Crippen LogP contribution >= 0.6 is 15.9 Å². The van der Waals surface area contributed by atoms with E-state index in [4.69, 9.17) is 0 Å². The van der Waals surface area contributed by atoms with Crippen LogP contribution in [0.1, 0.15) is 16.1 Å². The zero-order valence-electron chi connectivity index (χ0n) is 8.15. The van der Waals surface area contributed by atoms with Crippen LogP contribution in [0.5, 0.6) is 0 Å². The smallest absolute Gasteiger partial charge is 0.212 e. The molecule has 0 saturated heterocycles. The summed E-state index contributed by atoms with van der Waals surface area (Å²) in [6.45, 7) is 0. The van der Waals surface area contributed by atoms with E-state index in [-0.39, 0.29) is 11.3 Å². The number of benzene rings is 1. The van der Waals surface area contributed by atoms with Gasteiger partial charge in [0, 0.05) is 16.2 Å². The first-order valence-electron chi connectivity index (χ1n) is 4.59. The van der Waals surface area contributed by atoms with E-state index < -0.39 is 5.82 Å². The molecule has 0 bridgehead atoms. The molecular formula is C12H7BrFNO. The molecule has 0 atom stereocenters. The normalized spacial score (nSPS) is 10.1. The first-order chi connectivity index (χ1) is 7.68. The van der Waals surface area contributed by atoms with Crippen LogP contribution in [0.4, 0.5) is 4.39 Å². The molecule has 4 heteroatoms. The predicted molar refractivity (Wildman–Crippen MR) is 61.8 cm³/mol. The van der Waals surface area contributed by atoms with E-state index >= 15 is 0 Å². The van der Waals surface area contributed by atoms with Crippen molar-refractivity contribution in [3.8, 4) is 0 Å². The van der Waals surface area contributed by atoms with E-state index in [1.165, 1.54) is 24.4 Å². The van der Waals surface area contributed by atoms with Crippen molar-refractivity contribution in [3.63, 3.8) is 0 Å². The molecule has 0 fully saturated rings. The second-order valence-electron chi connectivity index (χ2n) is 3.17. The average Bonchev–Trinajstić information content (AvgIpc) is 2.32. The van der Waals surface area contributed by atoms with Crippen molar-refractivity contribution < 1.29 is 9.18 Å². The zero-order valence-corrected chi connectivity index (χ0v) is 9.74.